The summed E-state index contributed by atoms with van der Waals surface area (Å²) in [5.74, 6) is 1.07. The number of aromatic nitrogens is 2. The summed E-state index contributed by atoms with van der Waals surface area (Å²) in [7, 11) is 11.4. The van der Waals surface area contributed by atoms with E-state index in [1.165, 1.54) is 93.0 Å². The Balaban J connectivity index is 1.20. The van der Waals surface area contributed by atoms with Gasteiger partial charge in [0.25, 0.3) is 0 Å². The van der Waals surface area contributed by atoms with Crippen LogP contribution in [0.3, 0.4) is 0 Å². The van der Waals surface area contributed by atoms with Crippen LogP contribution < -0.4 is 27.3 Å². The fourth-order valence-corrected chi connectivity index (χ4v) is 9.98. The van der Waals surface area contributed by atoms with E-state index in [0.717, 1.165) is 50.9 Å². The lowest BCUT2D eigenvalue weighted by Crippen LogP contribution is -2.55. The number of para-hydroxylation sites is 3. The van der Waals surface area contributed by atoms with Gasteiger partial charge in [-0.1, -0.05) is 115 Å². The van der Waals surface area contributed by atoms with Gasteiger partial charge in [0.2, 0.25) is 0 Å². The molecule has 0 bridgehead atoms. The molecule has 0 aliphatic rings. The van der Waals surface area contributed by atoms with Crippen LogP contribution in [0.1, 0.15) is 12.7 Å². The Kier molecular flexibility index (Phi) is 8.10. The minimum atomic E-state index is 0.858. The van der Waals surface area contributed by atoms with Crippen molar-refractivity contribution in [3.05, 3.63) is 151 Å². The number of benzene rings is 9. The molecule has 0 N–H and O–H groups in total. The van der Waals surface area contributed by atoms with E-state index in [9.17, 15) is 0 Å². The van der Waals surface area contributed by atoms with Gasteiger partial charge in [0, 0.05) is 22.9 Å². The fraction of sp³-hybridized carbons (Fsp3) is 0.0392. The van der Waals surface area contributed by atoms with Gasteiger partial charge in [-0.15, -0.1) is 16.4 Å². The molecule has 0 radical (unpaired) electrons. The smallest absolute Gasteiger partial charge is 0.139 e. The van der Waals surface area contributed by atoms with Gasteiger partial charge in [-0.3, -0.25) is 4.57 Å². The first kappa shape index (κ1) is 35.5. The van der Waals surface area contributed by atoms with Crippen LogP contribution in [-0.2, 0) is 6.42 Å². The summed E-state index contributed by atoms with van der Waals surface area (Å²) in [5, 5.41) is 9.62. The van der Waals surface area contributed by atoms with Crippen LogP contribution in [-0.4, -0.2) is 48.8 Å². The van der Waals surface area contributed by atoms with Crippen molar-refractivity contribution in [2.24, 2.45) is 0 Å². The van der Waals surface area contributed by atoms with Crippen LogP contribution in [0.15, 0.2) is 150 Å². The van der Waals surface area contributed by atoms with Gasteiger partial charge in [-0.05, 0) is 114 Å². The third-order valence-electron chi connectivity index (χ3n) is 13.3. The maximum absolute atomic E-state index is 6.50. The van der Waals surface area contributed by atoms with E-state index in [-0.39, 0.29) is 0 Å². The highest BCUT2D eigenvalue weighted by molar-refractivity contribution is 6.68. The van der Waals surface area contributed by atoms with E-state index in [4.69, 9.17) is 9.40 Å². The number of rotatable bonds is 5. The van der Waals surface area contributed by atoms with Gasteiger partial charge in [-0.2, -0.15) is 0 Å². The molecule has 9 aromatic carbocycles. The number of furan rings is 1. The lowest BCUT2D eigenvalue weighted by molar-refractivity contribution is 0.669. The third-order valence-corrected chi connectivity index (χ3v) is 13.3. The summed E-state index contributed by atoms with van der Waals surface area (Å²) in [6.07, 6.45) is 0.858. The second-order valence-electron chi connectivity index (χ2n) is 16.3. The Hall–Kier alpha value is -6.65. The highest BCUT2D eigenvalue weighted by atomic mass is 16.3. The first-order valence-electron chi connectivity index (χ1n) is 20.8. The highest BCUT2D eigenvalue weighted by Gasteiger charge is 2.22. The molecule has 2 aromatic heterocycles. The zero-order valence-electron chi connectivity index (χ0n) is 34.4. The lowest BCUT2D eigenvalue weighted by atomic mass is 9.59. The molecule has 0 amide bonds. The normalized spacial score (nSPS) is 11.9. The van der Waals surface area contributed by atoms with Crippen molar-refractivity contribution < 1.29 is 4.42 Å². The van der Waals surface area contributed by atoms with Crippen molar-refractivity contribution in [1.29, 1.82) is 0 Å². The average Bonchev–Trinajstić information content (AvgIpc) is 3.85. The molecule has 0 aliphatic carbocycles. The van der Waals surface area contributed by atoms with Gasteiger partial charge >= 0.3 is 0 Å². The second kappa shape index (κ2) is 13.5. The number of hydrogen-bond acceptors (Lipinski definition) is 2. The minimum absolute atomic E-state index is 0.858. The zero-order chi connectivity index (χ0) is 40.1. The number of imidazole rings is 1. The molecule has 0 fully saturated rings. The fourth-order valence-electron chi connectivity index (χ4n) is 9.98. The summed E-state index contributed by atoms with van der Waals surface area (Å²) in [6.45, 7) is 2.18. The molecular formula is C51H39B5N2O. The maximum Gasteiger partial charge on any atom is 0.139 e. The quantitative estimate of drug-likeness (QED) is 0.178. The van der Waals surface area contributed by atoms with Gasteiger partial charge in [0.1, 0.15) is 56.2 Å². The van der Waals surface area contributed by atoms with Crippen molar-refractivity contribution in [3.8, 4) is 39.1 Å². The van der Waals surface area contributed by atoms with Crippen molar-refractivity contribution in [3.63, 3.8) is 0 Å². The molecule has 0 unspecified atom stereocenters. The second-order valence-corrected chi connectivity index (χ2v) is 16.3. The first-order chi connectivity index (χ1) is 28.8. The number of aryl methyl sites for hydroxylation is 1. The van der Waals surface area contributed by atoms with E-state index >= 15 is 0 Å². The topological polar surface area (TPSA) is 31.0 Å². The number of hydrogen-bond donors (Lipinski definition) is 0. The van der Waals surface area contributed by atoms with Crippen LogP contribution in [0.25, 0.3) is 104 Å². The molecule has 59 heavy (non-hydrogen) atoms. The molecule has 2 heterocycles. The third kappa shape index (κ3) is 5.32. The van der Waals surface area contributed by atoms with Crippen LogP contribution in [0.5, 0.6) is 0 Å². The summed E-state index contributed by atoms with van der Waals surface area (Å²) >= 11 is 0. The van der Waals surface area contributed by atoms with E-state index < -0.39 is 0 Å². The average molecular weight is 750 g/mol. The van der Waals surface area contributed by atoms with Crippen molar-refractivity contribution >= 4 is 132 Å². The van der Waals surface area contributed by atoms with Crippen molar-refractivity contribution in [1.82, 2.24) is 9.55 Å². The van der Waals surface area contributed by atoms with E-state index in [1.54, 1.807) is 0 Å². The Morgan fingerprint density at radius 1 is 0.492 bits per heavy atom. The molecule has 8 heteroatoms. The molecule has 0 atom stereocenters. The minimum Gasteiger partial charge on any atom is -0.456 e. The van der Waals surface area contributed by atoms with Crippen LogP contribution in [0.2, 0.25) is 0 Å². The predicted octanol–water partition coefficient (Wildman–Crippen LogP) is 5.24. The van der Waals surface area contributed by atoms with Crippen LogP contribution >= 0.6 is 0 Å². The number of nitrogens with zero attached hydrogens (tertiary/aromatic N) is 2. The summed E-state index contributed by atoms with van der Waals surface area (Å²) < 4.78 is 8.81. The molecule has 3 nitrogen and oxygen atoms in total. The molecule has 0 saturated carbocycles. The van der Waals surface area contributed by atoms with Gasteiger partial charge in [0.05, 0.1) is 11.0 Å². The molecule has 0 aliphatic heterocycles. The van der Waals surface area contributed by atoms with Crippen molar-refractivity contribution in [2.45, 2.75) is 13.3 Å². The van der Waals surface area contributed by atoms with E-state index in [0.29, 0.717) is 0 Å². The largest absolute Gasteiger partial charge is 0.456 e. The molecule has 274 valence electrons. The van der Waals surface area contributed by atoms with E-state index in [2.05, 4.69) is 196 Å². The van der Waals surface area contributed by atoms with E-state index in [1.807, 2.05) is 0 Å². The van der Waals surface area contributed by atoms with Crippen molar-refractivity contribution in [2.75, 3.05) is 0 Å². The van der Waals surface area contributed by atoms with Gasteiger partial charge in [-0.25, -0.2) is 4.98 Å². The molecule has 11 rings (SSSR count). The van der Waals surface area contributed by atoms with Gasteiger partial charge in [0.15, 0.2) is 0 Å². The van der Waals surface area contributed by atoms with Gasteiger partial charge < -0.3 is 4.42 Å². The monoisotopic (exact) mass is 750 g/mol. The number of fused-ring (bicyclic) bond motifs is 7. The first-order valence-corrected chi connectivity index (χ1v) is 20.8. The predicted molar refractivity (Wildman–Crippen MR) is 267 cm³/mol. The SMILES string of the molecule is Bc1c(B)c(B)c(-c2ccc3c(-c4ccc5cc(-n6c(CC)nc7ccccc76)ccc5c4)c4ccccc4c(-c4cccc5oc6ccccc6c45)c3c2)c(B)c1B. The summed E-state index contributed by atoms with van der Waals surface area (Å²) in [6, 6.07) is 53.4. The maximum atomic E-state index is 6.50. The summed E-state index contributed by atoms with van der Waals surface area (Å²) in [4.78, 5) is 4.96. The Bertz CT molecular complexity index is 3540. The van der Waals surface area contributed by atoms with Crippen LogP contribution in [0.4, 0.5) is 0 Å². The Morgan fingerprint density at radius 3 is 1.90 bits per heavy atom. The summed E-state index contributed by atoms with van der Waals surface area (Å²) in [5.41, 5.74) is 19.4. The van der Waals surface area contributed by atoms with Crippen LogP contribution in [0, 0.1) is 0 Å². The molecule has 11 aromatic rings. The molecule has 0 saturated heterocycles. The molecular weight excluding hydrogens is 711 g/mol. The standard InChI is InChI=1S/C51H39B5N2O/c1-2-42-57-38-14-6-7-15-39(38)58(42)31-22-20-27-24-29(19-18-28(27)25-31)43-32-10-3-4-11-33(32)45(36-13-9-17-41-46(36)35-12-5-8-16-40(35)59-41)37-26-30(21-23-34(37)43)44-47(52)49(54)51(56)50(55)48(44)53/h3-26H,2,52-56H2,1H3. The molecule has 0 spiro atoms. The highest BCUT2D eigenvalue weighted by Crippen LogP contribution is 2.48. The Labute approximate surface area is 348 Å². The lowest BCUT2D eigenvalue weighted by Gasteiger charge is -2.23. The Morgan fingerprint density at radius 2 is 1.10 bits per heavy atom. The zero-order valence-corrected chi connectivity index (χ0v) is 34.4.